The van der Waals surface area contributed by atoms with Gasteiger partial charge in [-0.15, -0.1) is 0 Å². The van der Waals surface area contributed by atoms with Crippen LogP contribution >= 0.6 is 0 Å². The summed E-state index contributed by atoms with van der Waals surface area (Å²) in [6, 6.07) is 0.0498. The molecule has 3 N–H and O–H groups in total. The largest absolute Gasteiger partial charge is 0.396 e. The standard InChI is InChI=1S/C27H41F2N3O/c1-17-4-5-22-21(14-30)23(8-9-25(17,22)2)26(3)13-18-15-31-32(24(18)12-19(26)16-33)20-6-10-27(28,29)11-7-20/h15,19-23,33H,1,4-14,16,30H2,2-3H3/t19?,21-,22-,23-,25+,26?/m0/s1. The lowest BCUT2D eigenvalue weighted by atomic mass is 9.49. The molecule has 3 fully saturated rings. The fourth-order valence-electron chi connectivity index (χ4n) is 8.45. The average Bonchev–Trinajstić information content (AvgIpc) is 3.32. The molecule has 0 spiro atoms. The minimum Gasteiger partial charge on any atom is -0.396 e. The van der Waals surface area contributed by atoms with Crippen molar-refractivity contribution in [2.45, 2.75) is 90.0 Å². The van der Waals surface area contributed by atoms with Gasteiger partial charge in [0.25, 0.3) is 0 Å². The summed E-state index contributed by atoms with van der Waals surface area (Å²) in [5.41, 5.74) is 10.4. The van der Waals surface area contributed by atoms with E-state index in [1.165, 1.54) is 23.3 Å². The number of nitrogens with zero attached hydrogens (tertiary/aromatic N) is 2. The van der Waals surface area contributed by atoms with Crippen molar-refractivity contribution in [2.75, 3.05) is 13.2 Å². The predicted molar refractivity (Wildman–Crippen MR) is 126 cm³/mol. The maximum absolute atomic E-state index is 13.7. The summed E-state index contributed by atoms with van der Waals surface area (Å²) in [5.74, 6) is -0.905. The first kappa shape index (κ1) is 23.5. The molecule has 0 saturated heterocycles. The van der Waals surface area contributed by atoms with E-state index < -0.39 is 5.92 Å². The number of aromatic nitrogens is 2. The summed E-state index contributed by atoms with van der Waals surface area (Å²) in [5, 5.41) is 15.3. The van der Waals surface area contributed by atoms with Crippen LogP contribution in [0.25, 0.3) is 0 Å². The number of hydrogen-bond acceptors (Lipinski definition) is 3. The Labute approximate surface area is 197 Å². The first-order valence-electron chi connectivity index (χ1n) is 13.0. The maximum atomic E-state index is 13.7. The molecule has 33 heavy (non-hydrogen) atoms. The molecule has 6 heteroatoms. The van der Waals surface area contributed by atoms with Gasteiger partial charge < -0.3 is 10.8 Å². The van der Waals surface area contributed by atoms with Crippen LogP contribution in [0.1, 0.15) is 82.5 Å². The Morgan fingerprint density at radius 1 is 1.15 bits per heavy atom. The number of halogens is 2. The highest BCUT2D eigenvalue weighted by atomic mass is 19.3. The number of aliphatic hydroxyl groups excluding tert-OH is 1. The number of rotatable bonds is 4. The highest BCUT2D eigenvalue weighted by molar-refractivity contribution is 5.28. The Kier molecular flexibility index (Phi) is 5.80. The van der Waals surface area contributed by atoms with Crippen molar-refractivity contribution in [1.82, 2.24) is 9.78 Å². The normalized spacial score (nSPS) is 41.1. The average molecular weight is 462 g/mol. The first-order chi connectivity index (χ1) is 15.6. The van der Waals surface area contributed by atoms with Crippen molar-refractivity contribution >= 4 is 0 Å². The molecule has 1 aromatic rings. The predicted octanol–water partition coefficient (Wildman–Crippen LogP) is 5.30. The summed E-state index contributed by atoms with van der Waals surface area (Å²) in [7, 11) is 0. The molecule has 6 atom stereocenters. The Morgan fingerprint density at radius 3 is 2.55 bits per heavy atom. The van der Waals surface area contributed by atoms with Crippen LogP contribution in [0.5, 0.6) is 0 Å². The van der Waals surface area contributed by atoms with Gasteiger partial charge in [0.05, 0.1) is 12.2 Å². The van der Waals surface area contributed by atoms with E-state index in [0.717, 1.165) is 32.1 Å². The van der Waals surface area contributed by atoms with Crippen LogP contribution in [0.2, 0.25) is 0 Å². The van der Waals surface area contributed by atoms with Crippen molar-refractivity contribution in [2.24, 2.45) is 40.2 Å². The topological polar surface area (TPSA) is 64.1 Å². The zero-order valence-corrected chi connectivity index (χ0v) is 20.3. The number of alkyl halides is 2. The highest BCUT2D eigenvalue weighted by Crippen LogP contribution is 2.62. The Morgan fingerprint density at radius 2 is 1.88 bits per heavy atom. The summed E-state index contributed by atoms with van der Waals surface area (Å²) >= 11 is 0. The Bertz CT molecular complexity index is 903. The van der Waals surface area contributed by atoms with Crippen molar-refractivity contribution in [3.8, 4) is 0 Å². The minimum absolute atomic E-state index is 0.0372. The fourth-order valence-corrected chi connectivity index (χ4v) is 8.45. The molecule has 184 valence electrons. The van der Waals surface area contributed by atoms with E-state index in [4.69, 9.17) is 10.8 Å². The number of nitrogens with two attached hydrogens (primary N) is 1. The molecule has 0 aliphatic heterocycles. The minimum atomic E-state index is -2.53. The van der Waals surface area contributed by atoms with Gasteiger partial charge in [0.2, 0.25) is 5.92 Å². The zero-order valence-electron chi connectivity index (χ0n) is 20.3. The summed E-state index contributed by atoms with van der Waals surface area (Å²) in [4.78, 5) is 0. The molecular formula is C27H41F2N3O. The molecule has 1 heterocycles. The van der Waals surface area contributed by atoms with Crippen LogP contribution in [-0.4, -0.2) is 34.0 Å². The van der Waals surface area contributed by atoms with Crippen LogP contribution in [0.4, 0.5) is 8.78 Å². The van der Waals surface area contributed by atoms with Crippen LogP contribution in [0.3, 0.4) is 0 Å². The molecule has 0 radical (unpaired) electrons. The van der Waals surface area contributed by atoms with Gasteiger partial charge in [0.1, 0.15) is 0 Å². The van der Waals surface area contributed by atoms with Crippen LogP contribution in [0.15, 0.2) is 18.3 Å². The van der Waals surface area contributed by atoms with Gasteiger partial charge in [-0.1, -0.05) is 26.0 Å². The van der Waals surface area contributed by atoms with E-state index in [1.807, 2.05) is 10.9 Å². The van der Waals surface area contributed by atoms with Gasteiger partial charge in [-0.2, -0.15) is 5.10 Å². The Balaban J connectivity index is 1.42. The molecule has 0 aromatic carbocycles. The lowest BCUT2D eigenvalue weighted by molar-refractivity contribution is -0.0554. The van der Waals surface area contributed by atoms with Crippen LogP contribution in [-0.2, 0) is 12.8 Å². The third kappa shape index (κ3) is 3.62. The monoisotopic (exact) mass is 461 g/mol. The van der Waals surface area contributed by atoms with Gasteiger partial charge in [0, 0.05) is 25.1 Å². The second-order valence-electron chi connectivity index (χ2n) is 12.1. The van der Waals surface area contributed by atoms with E-state index in [2.05, 4.69) is 20.4 Å². The van der Waals surface area contributed by atoms with Gasteiger partial charge in [-0.3, -0.25) is 4.68 Å². The smallest absolute Gasteiger partial charge is 0.248 e. The molecular weight excluding hydrogens is 420 g/mol. The molecule has 0 amide bonds. The molecule has 4 aliphatic carbocycles. The van der Waals surface area contributed by atoms with Crippen molar-refractivity contribution in [3.05, 3.63) is 29.6 Å². The number of aliphatic hydroxyl groups is 1. The fraction of sp³-hybridized carbons (Fsp3) is 0.815. The van der Waals surface area contributed by atoms with Crippen LogP contribution < -0.4 is 5.73 Å². The Hall–Kier alpha value is -1.27. The van der Waals surface area contributed by atoms with Gasteiger partial charge in [0.15, 0.2) is 0 Å². The molecule has 5 rings (SSSR count). The van der Waals surface area contributed by atoms with Crippen LogP contribution in [0, 0.1) is 34.5 Å². The van der Waals surface area contributed by atoms with Gasteiger partial charge >= 0.3 is 0 Å². The molecule has 4 aliphatic rings. The van der Waals surface area contributed by atoms with E-state index in [0.29, 0.717) is 37.1 Å². The van der Waals surface area contributed by atoms with E-state index in [-0.39, 0.29) is 42.2 Å². The summed E-state index contributed by atoms with van der Waals surface area (Å²) < 4.78 is 29.5. The first-order valence-corrected chi connectivity index (χ1v) is 13.0. The number of allylic oxidation sites excluding steroid dienone is 1. The number of fused-ring (bicyclic) bond motifs is 2. The molecule has 0 bridgehead atoms. The third-order valence-corrected chi connectivity index (χ3v) is 10.7. The molecule has 1 aromatic heterocycles. The second kappa shape index (κ2) is 8.15. The van der Waals surface area contributed by atoms with Crippen molar-refractivity contribution in [3.63, 3.8) is 0 Å². The van der Waals surface area contributed by atoms with Gasteiger partial charge in [-0.25, -0.2) is 8.78 Å². The van der Waals surface area contributed by atoms with E-state index in [1.54, 1.807) is 0 Å². The SMILES string of the molecule is C=C1CC[C@H]2[C@H](CN)[C@@H](C3(C)Cc4cnn(C5CCC(F)(F)CC5)c4CC3CO)CC[C@]12C. The molecule has 2 unspecified atom stereocenters. The molecule has 4 nitrogen and oxygen atoms in total. The van der Waals surface area contributed by atoms with E-state index in [9.17, 15) is 13.9 Å². The summed E-state index contributed by atoms with van der Waals surface area (Å²) in [6.07, 6.45) is 9.07. The molecule has 3 saturated carbocycles. The summed E-state index contributed by atoms with van der Waals surface area (Å²) in [6.45, 7) is 10.0. The zero-order chi connectivity index (χ0) is 23.6. The van der Waals surface area contributed by atoms with E-state index >= 15 is 0 Å². The third-order valence-electron chi connectivity index (χ3n) is 10.7. The highest BCUT2D eigenvalue weighted by Gasteiger charge is 2.56. The van der Waals surface area contributed by atoms with Crippen molar-refractivity contribution < 1.29 is 13.9 Å². The second-order valence-corrected chi connectivity index (χ2v) is 12.1. The van der Waals surface area contributed by atoms with Gasteiger partial charge in [-0.05, 0) is 98.0 Å². The quantitative estimate of drug-likeness (QED) is 0.598. The lowest BCUT2D eigenvalue weighted by Gasteiger charge is -2.56. The van der Waals surface area contributed by atoms with Crippen molar-refractivity contribution in [1.29, 1.82) is 0 Å². The maximum Gasteiger partial charge on any atom is 0.248 e. The number of hydrogen-bond donors (Lipinski definition) is 2. The lowest BCUT2D eigenvalue weighted by Crippen LogP contribution is -2.53.